The molecule has 1 aromatic carbocycles. The monoisotopic (exact) mass is 394 g/mol. The maximum Gasteiger partial charge on any atom is 0.00506 e. The van der Waals surface area contributed by atoms with Gasteiger partial charge in [-0.1, -0.05) is 24.3 Å². The summed E-state index contributed by atoms with van der Waals surface area (Å²) in [6.45, 7) is 6.15. The van der Waals surface area contributed by atoms with Crippen LogP contribution in [-0.2, 0) is 25.7 Å². The summed E-state index contributed by atoms with van der Waals surface area (Å²) in [5.41, 5.74) is 0. The molecule has 1 aliphatic rings. The van der Waals surface area contributed by atoms with E-state index < -0.39 is 0 Å². The molecule has 0 atom stereocenters. The molecule has 1 aliphatic carbocycles. The Morgan fingerprint density at radius 2 is 1.41 bits per heavy atom. The third-order valence-corrected chi connectivity index (χ3v) is 1.16. The molecule has 0 saturated heterocycles. The van der Waals surface area contributed by atoms with E-state index in [2.05, 4.69) is 25.1 Å². The summed E-state index contributed by atoms with van der Waals surface area (Å²) in [6.07, 6.45) is 14.6. The van der Waals surface area contributed by atoms with Crippen molar-refractivity contribution in [2.75, 3.05) is 0 Å². The van der Waals surface area contributed by atoms with Crippen molar-refractivity contribution in [2.24, 2.45) is 0 Å². The molecule has 0 saturated carbocycles. The second kappa shape index (κ2) is 24.1. The van der Waals surface area contributed by atoms with Gasteiger partial charge in [0.05, 0.1) is 0 Å². The predicted molar refractivity (Wildman–Crippen MR) is 66.3 cm³/mol. The summed E-state index contributed by atoms with van der Waals surface area (Å²) >= 11 is 0. The molecule has 1 radical (unpaired) electrons. The van der Waals surface area contributed by atoms with Crippen LogP contribution in [0.2, 0.25) is 0 Å². The molecular formula is C15H14OW-. The first-order chi connectivity index (χ1) is 7.91. The third-order valence-electron chi connectivity index (χ3n) is 1.16. The fraction of sp³-hybridized carbons (Fsp3) is 0.0667. The molecule has 0 unspecified atom stereocenters. The van der Waals surface area contributed by atoms with E-state index in [0.29, 0.717) is 0 Å². The zero-order valence-electron chi connectivity index (χ0n) is 9.67. The maximum atomic E-state index is 7.50. The van der Waals surface area contributed by atoms with Gasteiger partial charge in [0.25, 0.3) is 0 Å². The average molecular weight is 394 g/mol. The minimum absolute atomic E-state index is 0. The molecule has 2 heteroatoms. The van der Waals surface area contributed by atoms with Crippen molar-refractivity contribution in [1.82, 2.24) is 0 Å². The molecule has 0 bridgehead atoms. The van der Waals surface area contributed by atoms with Gasteiger partial charge in [-0.15, -0.1) is 12.3 Å². The Bertz CT molecular complexity index is 294. The first kappa shape index (κ1) is 21.0. The fourth-order valence-corrected chi connectivity index (χ4v) is 0.663. The first-order valence-corrected chi connectivity index (χ1v) is 4.57. The van der Waals surface area contributed by atoms with Crippen LogP contribution in [0.1, 0.15) is 6.92 Å². The van der Waals surface area contributed by atoms with E-state index in [-0.39, 0.29) is 21.1 Å². The van der Waals surface area contributed by atoms with Gasteiger partial charge in [-0.3, -0.25) is 0 Å². The van der Waals surface area contributed by atoms with Crippen LogP contribution < -0.4 is 0 Å². The van der Waals surface area contributed by atoms with Crippen molar-refractivity contribution in [3.8, 4) is 12.3 Å². The molecule has 0 spiro atoms. The summed E-state index contributed by atoms with van der Waals surface area (Å²) in [6, 6.07) is 12.5. The van der Waals surface area contributed by atoms with Crippen LogP contribution in [0, 0.1) is 31.5 Å². The fourth-order valence-electron chi connectivity index (χ4n) is 0.663. The van der Waals surface area contributed by atoms with E-state index in [1.54, 1.807) is 6.92 Å². The van der Waals surface area contributed by atoms with Crippen LogP contribution in [-0.4, -0.2) is 0 Å². The smallest absolute Gasteiger partial charge is 0.00506 e. The second-order valence-electron chi connectivity index (χ2n) is 2.33. The number of hydrogen-bond acceptors (Lipinski definition) is 0. The van der Waals surface area contributed by atoms with Crippen LogP contribution in [0.25, 0.3) is 0 Å². The van der Waals surface area contributed by atoms with Crippen molar-refractivity contribution < 1.29 is 25.7 Å². The van der Waals surface area contributed by atoms with E-state index in [1.165, 1.54) is 0 Å². The van der Waals surface area contributed by atoms with Gasteiger partial charge >= 0.3 is 11.3 Å². The minimum Gasteiger partial charge on any atom is -0.184 e. The molecular weight excluding hydrogens is 380 g/mol. The average Bonchev–Trinajstić information content (AvgIpc) is 2.94. The van der Waals surface area contributed by atoms with Gasteiger partial charge < -0.3 is 0 Å². The van der Waals surface area contributed by atoms with Gasteiger partial charge in [0, 0.05) is 27.5 Å². The van der Waals surface area contributed by atoms with E-state index in [4.69, 9.17) is 4.65 Å². The van der Waals surface area contributed by atoms with Crippen LogP contribution in [0.3, 0.4) is 0 Å². The number of hydrogen-bond donors (Lipinski definition) is 0. The van der Waals surface area contributed by atoms with E-state index in [9.17, 15) is 0 Å². The summed E-state index contributed by atoms with van der Waals surface area (Å²) in [7, 11) is 0. The standard InChI is InChI=1S/C6H5.C5H5.C3H4.CO.W/c1-2-4-6-5-3-1;1-2-4-5-3-1;1-3-2;1-2;/h1-5H;1-5H;1H,2H3;;/q-1;;;;. The largest absolute Gasteiger partial charge is 0.184 e. The Morgan fingerprint density at radius 1 is 1.00 bits per heavy atom. The van der Waals surface area contributed by atoms with Crippen LogP contribution >= 0.6 is 0 Å². The van der Waals surface area contributed by atoms with Gasteiger partial charge in [0.15, 0.2) is 0 Å². The van der Waals surface area contributed by atoms with Crippen molar-refractivity contribution >= 4 is 0 Å². The van der Waals surface area contributed by atoms with Gasteiger partial charge in [0.1, 0.15) is 0 Å². The molecule has 0 heterocycles. The predicted octanol–water partition coefficient (Wildman–Crippen LogP) is 3.40. The number of allylic oxidation sites excluding steroid dienone is 4. The molecule has 87 valence electrons. The first-order valence-electron chi connectivity index (χ1n) is 4.57. The van der Waals surface area contributed by atoms with Gasteiger partial charge in [-0.2, -0.15) is 36.4 Å². The topological polar surface area (TPSA) is 19.9 Å². The Kier molecular flexibility index (Phi) is 29.8. The normalized spacial score (nSPS) is 8.59. The molecule has 17 heavy (non-hydrogen) atoms. The Labute approximate surface area is 119 Å². The van der Waals surface area contributed by atoms with E-state index >= 15 is 0 Å². The van der Waals surface area contributed by atoms with Gasteiger partial charge in [0.2, 0.25) is 0 Å². The number of benzene rings is 1. The van der Waals surface area contributed by atoms with Crippen molar-refractivity contribution in [1.29, 1.82) is 0 Å². The SMILES string of the molecule is C#CC.[C-]#[O+].[CH]1C=CC=C1.[W].[c-]1ccccc1. The number of rotatable bonds is 0. The van der Waals surface area contributed by atoms with E-state index in [0.717, 1.165) is 0 Å². The van der Waals surface area contributed by atoms with Gasteiger partial charge in [-0.05, 0) is 6.92 Å². The third kappa shape index (κ3) is 25.2. The molecule has 1 aromatic rings. The van der Waals surface area contributed by atoms with Crippen molar-refractivity contribution in [3.05, 3.63) is 73.8 Å². The van der Waals surface area contributed by atoms with Crippen LogP contribution in [0.5, 0.6) is 0 Å². The molecule has 2 rings (SSSR count). The maximum absolute atomic E-state index is 7.50. The Balaban J connectivity index is -0.000000164. The van der Waals surface area contributed by atoms with Gasteiger partial charge in [-0.25, -0.2) is 0 Å². The minimum atomic E-state index is 0. The molecule has 1 nitrogen and oxygen atoms in total. The Hall–Kier alpha value is -1.31. The van der Waals surface area contributed by atoms with Crippen LogP contribution in [0.15, 0.2) is 54.6 Å². The Morgan fingerprint density at radius 3 is 1.53 bits per heavy atom. The molecule has 0 N–H and O–H groups in total. The zero-order valence-corrected chi connectivity index (χ0v) is 12.6. The summed E-state index contributed by atoms with van der Waals surface area (Å²) in [5.74, 6) is 2.25. The van der Waals surface area contributed by atoms with E-state index in [1.807, 2.05) is 61.1 Å². The zero-order chi connectivity index (χ0) is 12.5. The quantitative estimate of drug-likeness (QED) is 0.365. The summed E-state index contributed by atoms with van der Waals surface area (Å²) in [5, 5.41) is 0. The molecule has 0 fully saturated rings. The number of terminal acetylenes is 1. The second-order valence-corrected chi connectivity index (χ2v) is 2.33. The molecule has 0 amide bonds. The van der Waals surface area contributed by atoms with Crippen LogP contribution in [0.4, 0.5) is 0 Å². The van der Waals surface area contributed by atoms with Crippen molar-refractivity contribution in [3.63, 3.8) is 0 Å². The molecule has 0 aromatic heterocycles. The molecule has 0 aliphatic heterocycles. The summed E-state index contributed by atoms with van der Waals surface area (Å²) in [4.78, 5) is 0. The van der Waals surface area contributed by atoms with Crippen molar-refractivity contribution in [2.45, 2.75) is 6.92 Å². The summed E-state index contributed by atoms with van der Waals surface area (Å²) < 4.78 is 7.50.